The molecule has 0 bridgehead atoms. The van der Waals surface area contributed by atoms with E-state index in [4.69, 9.17) is 4.74 Å². The number of ether oxygens (including phenoxy) is 1. The molecule has 0 heterocycles. The first-order chi connectivity index (χ1) is 33.5. The van der Waals surface area contributed by atoms with Crippen molar-refractivity contribution in [1.29, 1.82) is 0 Å². The summed E-state index contributed by atoms with van der Waals surface area (Å²) in [6.07, 6.45) is 70.7. The first-order valence-corrected chi connectivity index (χ1v) is 30.6. The molecule has 402 valence electrons. The van der Waals surface area contributed by atoms with E-state index < -0.39 is 12.1 Å². The zero-order valence-electron chi connectivity index (χ0n) is 45.9. The monoisotopic (exact) mass is 958 g/mol. The van der Waals surface area contributed by atoms with Gasteiger partial charge in [0.2, 0.25) is 5.91 Å². The van der Waals surface area contributed by atoms with E-state index in [9.17, 15) is 19.8 Å². The van der Waals surface area contributed by atoms with E-state index >= 15 is 0 Å². The number of hydrogen-bond donors (Lipinski definition) is 3. The van der Waals surface area contributed by atoms with Gasteiger partial charge in [0, 0.05) is 12.8 Å². The van der Waals surface area contributed by atoms with Gasteiger partial charge in [-0.25, -0.2) is 0 Å². The summed E-state index contributed by atoms with van der Waals surface area (Å²) in [6.45, 7) is 4.91. The molecule has 0 saturated heterocycles. The third-order valence-corrected chi connectivity index (χ3v) is 14.2. The molecule has 1 amide bonds. The van der Waals surface area contributed by atoms with Crippen LogP contribution in [0.15, 0.2) is 24.3 Å². The van der Waals surface area contributed by atoms with Crippen molar-refractivity contribution < 1.29 is 24.5 Å². The summed E-state index contributed by atoms with van der Waals surface area (Å²) in [5, 5.41) is 23.1. The number of unbranched alkanes of at least 4 members (excludes halogenated alkanes) is 44. The Morgan fingerprint density at radius 3 is 1.04 bits per heavy atom. The second-order valence-corrected chi connectivity index (χ2v) is 21.0. The van der Waals surface area contributed by atoms with Crippen LogP contribution < -0.4 is 5.32 Å². The summed E-state index contributed by atoms with van der Waals surface area (Å²) in [7, 11) is 0. The van der Waals surface area contributed by atoms with Gasteiger partial charge in [-0.1, -0.05) is 289 Å². The average molecular weight is 959 g/mol. The quantitative estimate of drug-likeness (QED) is 0.0321. The van der Waals surface area contributed by atoms with E-state index in [2.05, 4.69) is 31.3 Å². The maximum atomic E-state index is 12.5. The van der Waals surface area contributed by atoms with Gasteiger partial charge < -0.3 is 20.3 Å². The van der Waals surface area contributed by atoms with Gasteiger partial charge in [0.1, 0.15) is 0 Å². The van der Waals surface area contributed by atoms with Crippen molar-refractivity contribution in [3.8, 4) is 0 Å². The van der Waals surface area contributed by atoms with E-state index in [0.29, 0.717) is 19.4 Å². The number of aliphatic hydroxyl groups is 2. The fourth-order valence-electron chi connectivity index (χ4n) is 9.51. The molecule has 0 aromatic rings. The largest absolute Gasteiger partial charge is 0.466 e. The van der Waals surface area contributed by atoms with Crippen molar-refractivity contribution in [2.75, 3.05) is 13.2 Å². The first-order valence-electron chi connectivity index (χ1n) is 30.6. The van der Waals surface area contributed by atoms with Crippen LogP contribution in [-0.4, -0.2) is 47.4 Å². The summed E-state index contributed by atoms with van der Waals surface area (Å²) < 4.78 is 5.49. The molecule has 6 heteroatoms. The predicted octanol–water partition coefficient (Wildman–Crippen LogP) is 19.0. The third kappa shape index (κ3) is 53.7. The van der Waals surface area contributed by atoms with Crippen LogP contribution in [0, 0.1) is 0 Å². The van der Waals surface area contributed by atoms with Gasteiger partial charge in [-0.3, -0.25) is 9.59 Å². The van der Waals surface area contributed by atoms with E-state index in [1.807, 2.05) is 6.08 Å². The lowest BCUT2D eigenvalue weighted by Gasteiger charge is -2.20. The molecule has 0 aliphatic carbocycles. The summed E-state index contributed by atoms with van der Waals surface area (Å²) in [5.41, 5.74) is 0. The molecule has 0 aliphatic rings. The molecular formula is C62H119NO5. The van der Waals surface area contributed by atoms with Gasteiger partial charge in [-0.05, 0) is 57.8 Å². The number of aliphatic hydroxyl groups excluding tert-OH is 2. The van der Waals surface area contributed by atoms with E-state index in [1.54, 1.807) is 6.08 Å². The highest BCUT2D eigenvalue weighted by atomic mass is 16.5. The highest BCUT2D eigenvalue weighted by Gasteiger charge is 2.18. The number of hydrogen-bond acceptors (Lipinski definition) is 5. The number of nitrogens with one attached hydrogen (secondary N) is 1. The van der Waals surface area contributed by atoms with E-state index in [1.165, 1.54) is 263 Å². The molecule has 0 aromatic heterocycles. The molecule has 0 spiro atoms. The van der Waals surface area contributed by atoms with Crippen molar-refractivity contribution in [3.05, 3.63) is 24.3 Å². The fraction of sp³-hybridized carbons (Fsp3) is 0.903. The maximum absolute atomic E-state index is 12.5. The van der Waals surface area contributed by atoms with Gasteiger partial charge >= 0.3 is 5.97 Å². The molecule has 6 nitrogen and oxygen atoms in total. The van der Waals surface area contributed by atoms with Crippen LogP contribution in [0.4, 0.5) is 0 Å². The Labute approximate surface area is 424 Å². The Kier molecular flexibility index (Phi) is 56.5. The molecule has 2 atom stereocenters. The second kappa shape index (κ2) is 57.9. The summed E-state index contributed by atoms with van der Waals surface area (Å²) >= 11 is 0. The Morgan fingerprint density at radius 2 is 0.691 bits per heavy atom. The molecule has 0 fully saturated rings. The molecule has 0 aromatic carbocycles. The van der Waals surface area contributed by atoms with Gasteiger partial charge in [-0.2, -0.15) is 0 Å². The van der Waals surface area contributed by atoms with Crippen molar-refractivity contribution in [3.63, 3.8) is 0 Å². The molecular weight excluding hydrogens is 839 g/mol. The molecule has 0 aliphatic heterocycles. The van der Waals surface area contributed by atoms with Crippen molar-refractivity contribution in [2.24, 2.45) is 0 Å². The normalized spacial score (nSPS) is 12.7. The second-order valence-electron chi connectivity index (χ2n) is 21.0. The third-order valence-electron chi connectivity index (χ3n) is 14.2. The lowest BCUT2D eigenvalue weighted by Crippen LogP contribution is -2.45. The number of esters is 1. The maximum Gasteiger partial charge on any atom is 0.305 e. The summed E-state index contributed by atoms with van der Waals surface area (Å²) in [6, 6.07) is -0.629. The van der Waals surface area contributed by atoms with Crippen LogP contribution >= 0.6 is 0 Å². The zero-order chi connectivity index (χ0) is 49.3. The van der Waals surface area contributed by atoms with Crippen LogP contribution in [0.5, 0.6) is 0 Å². The number of rotatable bonds is 57. The topological polar surface area (TPSA) is 95.9 Å². The minimum Gasteiger partial charge on any atom is -0.466 e. The lowest BCUT2D eigenvalue weighted by atomic mass is 10.0. The van der Waals surface area contributed by atoms with Gasteiger partial charge in [-0.15, -0.1) is 0 Å². The standard InChI is InChI=1S/C62H119NO5/c1-3-5-7-9-11-13-15-17-19-20-25-28-32-36-40-44-48-52-56-62(67)68-57-53-49-45-41-37-33-29-26-23-21-22-24-27-31-35-39-43-47-51-55-61(66)63-59(58-64)60(65)54-50-46-42-38-34-30-18-16-14-12-10-8-6-4-2/h19-20,50,54,59-60,64-65H,3-18,21-49,51-53,55-58H2,1-2H3,(H,63,66)/b20-19-,54-50+. The molecule has 0 radical (unpaired) electrons. The van der Waals surface area contributed by atoms with Gasteiger partial charge in [0.05, 0.1) is 25.4 Å². The summed E-state index contributed by atoms with van der Waals surface area (Å²) in [5.74, 6) is -0.0640. The molecule has 2 unspecified atom stereocenters. The van der Waals surface area contributed by atoms with Crippen LogP contribution in [0.3, 0.4) is 0 Å². The Morgan fingerprint density at radius 1 is 0.397 bits per heavy atom. The number of allylic oxidation sites excluding steroid dienone is 3. The van der Waals surface area contributed by atoms with Crippen LogP contribution in [0.1, 0.15) is 335 Å². The highest BCUT2D eigenvalue weighted by molar-refractivity contribution is 5.76. The SMILES string of the molecule is CCCCCCCCC/C=C\CCCCCCCCCC(=O)OCCCCCCCCCCCCCCCCCCCCCC(=O)NC(CO)C(O)/C=C/CCCCCCCCCCCCCC. The highest BCUT2D eigenvalue weighted by Crippen LogP contribution is 2.17. The van der Waals surface area contributed by atoms with Crippen LogP contribution in [0.25, 0.3) is 0 Å². The van der Waals surface area contributed by atoms with Crippen LogP contribution in [0.2, 0.25) is 0 Å². The molecule has 3 N–H and O–H groups in total. The number of amides is 1. The Hall–Kier alpha value is -1.66. The molecule has 0 rings (SSSR count). The van der Waals surface area contributed by atoms with Gasteiger partial charge in [0.25, 0.3) is 0 Å². The molecule has 0 saturated carbocycles. The average Bonchev–Trinajstić information content (AvgIpc) is 3.34. The van der Waals surface area contributed by atoms with Crippen molar-refractivity contribution >= 4 is 11.9 Å². The van der Waals surface area contributed by atoms with E-state index in [0.717, 1.165) is 44.9 Å². The number of carbonyl (C=O) groups is 2. The van der Waals surface area contributed by atoms with Gasteiger partial charge in [0.15, 0.2) is 0 Å². The Balaban J connectivity index is 3.40. The first kappa shape index (κ1) is 66.3. The fourth-order valence-corrected chi connectivity index (χ4v) is 9.51. The predicted molar refractivity (Wildman–Crippen MR) is 296 cm³/mol. The smallest absolute Gasteiger partial charge is 0.305 e. The van der Waals surface area contributed by atoms with Crippen LogP contribution in [-0.2, 0) is 14.3 Å². The van der Waals surface area contributed by atoms with Crippen molar-refractivity contribution in [1.82, 2.24) is 5.32 Å². The summed E-state index contributed by atoms with van der Waals surface area (Å²) in [4.78, 5) is 24.5. The van der Waals surface area contributed by atoms with E-state index in [-0.39, 0.29) is 18.5 Å². The lowest BCUT2D eigenvalue weighted by molar-refractivity contribution is -0.143. The number of carbonyl (C=O) groups excluding carboxylic acids is 2. The minimum absolute atomic E-state index is 0.00572. The minimum atomic E-state index is -0.846. The molecule has 68 heavy (non-hydrogen) atoms. The Bertz CT molecular complexity index is 1060. The van der Waals surface area contributed by atoms with Crippen molar-refractivity contribution in [2.45, 2.75) is 347 Å². The zero-order valence-corrected chi connectivity index (χ0v) is 45.9.